The molecule has 0 radical (unpaired) electrons. The van der Waals surface area contributed by atoms with E-state index in [9.17, 15) is 13.2 Å². The Hall–Kier alpha value is -0.530. The summed E-state index contributed by atoms with van der Waals surface area (Å²) < 4.78 is 29.0. The minimum Gasteiger partial charge on any atom is -0.542 e. The van der Waals surface area contributed by atoms with Gasteiger partial charge in [0.15, 0.2) is 0 Å². The fourth-order valence-electron chi connectivity index (χ4n) is 0.723. The van der Waals surface area contributed by atoms with E-state index in [4.69, 9.17) is 9.35 Å². The molecule has 1 aromatic carbocycles. The number of hydrogen-bond donors (Lipinski definition) is 1. The molecular formula is C9H9NaO5S. The van der Waals surface area contributed by atoms with Gasteiger partial charge in [0.25, 0.3) is 0 Å². The standard InChI is InChI=1S/C7H6O4S.C2H3O.Na/c8-7(12(9,10)11)6-4-2-1-3-5-6;1-2-3;/h1-5H,(H,9,10,11);1H3;/q;-1;+1. The Balaban J connectivity index is 0. The van der Waals surface area contributed by atoms with Crippen molar-refractivity contribution in [2.45, 2.75) is 6.92 Å². The van der Waals surface area contributed by atoms with Gasteiger partial charge in [0.05, 0.1) is 0 Å². The zero-order valence-corrected chi connectivity index (χ0v) is 11.7. The Morgan fingerprint density at radius 1 is 1.25 bits per heavy atom. The molecule has 1 rings (SSSR count). The molecule has 0 bridgehead atoms. The molecule has 16 heavy (non-hydrogen) atoms. The van der Waals surface area contributed by atoms with Crippen LogP contribution in [0.25, 0.3) is 0 Å². The van der Waals surface area contributed by atoms with Crippen LogP contribution in [-0.4, -0.2) is 24.4 Å². The average Bonchev–Trinajstić information content (AvgIpc) is 2.18. The summed E-state index contributed by atoms with van der Waals surface area (Å²) in [7, 11) is -4.59. The van der Waals surface area contributed by atoms with E-state index in [1.54, 1.807) is 6.07 Å². The molecule has 0 aromatic heterocycles. The van der Waals surface area contributed by atoms with Crippen molar-refractivity contribution in [2.24, 2.45) is 0 Å². The van der Waals surface area contributed by atoms with Crippen molar-refractivity contribution in [3.05, 3.63) is 35.9 Å². The Morgan fingerprint density at radius 3 is 1.94 bits per heavy atom. The monoisotopic (exact) mass is 252 g/mol. The van der Waals surface area contributed by atoms with Crippen molar-refractivity contribution in [3.8, 4) is 0 Å². The molecule has 0 saturated heterocycles. The third-order valence-electron chi connectivity index (χ3n) is 1.24. The molecule has 0 aliphatic rings. The van der Waals surface area contributed by atoms with Crippen molar-refractivity contribution >= 4 is 21.5 Å². The van der Waals surface area contributed by atoms with Crippen molar-refractivity contribution in [1.29, 1.82) is 0 Å². The quantitative estimate of drug-likeness (QED) is 0.349. The molecule has 7 heteroatoms. The van der Waals surface area contributed by atoms with Crippen LogP contribution in [0.15, 0.2) is 30.3 Å². The van der Waals surface area contributed by atoms with E-state index in [1.165, 1.54) is 37.5 Å². The third-order valence-corrected chi connectivity index (χ3v) is 1.95. The number of hydrogen-bond acceptors (Lipinski definition) is 4. The van der Waals surface area contributed by atoms with E-state index >= 15 is 0 Å². The predicted molar refractivity (Wildman–Crippen MR) is 53.7 cm³/mol. The fraction of sp³-hybridized carbons (Fsp3) is 0.111. The first kappa shape index (κ1) is 17.9. The molecule has 5 nitrogen and oxygen atoms in total. The van der Waals surface area contributed by atoms with Crippen LogP contribution in [0.1, 0.15) is 17.3 Å². The average molecular weight is 252 g/mol. The summed E-state index contributed by atoms with van der Waals surface area (Å²) in [5, 5.41) is -1.27. The second kappa shape index (κ2) is 8.60. The van der Waals surface area contributed by atoms with E-state index in [2.05, 4.69) is 0 Å². The molecule has 0 spiro atoms. The molecule has 0 fully saturated rings. The zero-order valence-electron chi connectivity index (χ0n) is 8.88. The van der Waals surface area contributed by atoms with E-state index in [0.717, 1.165) is 0 Å². The van der Waals surface area contributed by atoms with Crippen LogP contribution in [0, 0.1) is 0 Å². The van der Waals surface area contributed by atoms with Gasteiger partial charge in [-0.1, -0.05) is 30.3 Å². The van der Waals surface area contributed by atoms with Crippen LogP contribution in [0.3, 0.4) is 0 Å². The molecule has 0 aliphatic carbocycles. The first-order valence-corrected chi connectivity index (χ1v) is 5.23. The molecule has 1 aromatic rings. The summed E-state index contributed by atoms with van der Waals surface area (Å²) in [4.78, 5) is 19.5. The molecule has 0 aliphatic heterocycles. The maximum Gasteiger partial charge on any atom is 1.00 e. The normalized spacial score (nSPS) is 9.12. The summed E-state index contributed by atoms with van der Waals surface area (Å²) in [6, 6.07) is 7.30. The van der Waals surface area contributed by atoms with Crippen molar-refractivity contribution in [2.75, 3.05) is 0 Å². The molecule has 0 heterocycles. The summed E-state index contributed by atoms with van der Waals surface area (Å²) in [5.41, 5.74) is -0.0417. The van der Waals surface area contributed by atoms with Gasteiger partial charge in [0.2, 0.25) is 0 Å². The molecule has 1 N–H and O–H groups in total. The van der Waals surface area contributed by atoms with E-state index in [0.29, 0.717) is 0 Å². The van der Waals surface area contributed by atoms with Gasteiger partial charge in [-0.05, 0) is 0 Å². The Morgan fingerprint density at radius 2 is 1.62 bits per heavy atom. The summed E-state index contributed by atoms with van der Waals surface area (Å²) in [6.45, 7) is 1.32. The first-order chi connectivity index (χ1) is 6.93. The number of rotatable bonds is 1. The molecule has 0 amide bonds. The molecule has 0 saturated carbocycles. The maximum atomic E-state index is 10.8. The topological polar surface area (TPSA) is 88.5 Å². The molecule has 0 atom stereocenters. The third kappa shape index (κ3) is 6.86. The maximum absolute atomic E-state index is 10.8. The van der Waals surface area contributed by atoms with Crippen LogP contribution in [-0.2, 0) is 14.9 Å². The number of carbonyl (C=O) groups is 1. The van der Waals surface area contributed by atoms with Gasteiger partial charge in [0, 0.05) is 5.56 Å². The van der Waals surface area contributed by atoms with Crippen LogP contribution < -0.4 is 29.6 Å². The van der Waals surface area contributed by atoms with Gasteiger partial charge >= 0.3 is 44.8 Å². The van der Waals surface area contributed by atoms with Gasteiger partial charge < -0.3 is 4.79 Å². The second-order valence-electron chi connectivity index (χ2n) is 2.33. The van der Waals surface area contributed by atoms with E-state index in [1.807, 2.05) is 0 Å². The summed E-state index contributed by atoms with van der Waals surface area (Å²) in [6.07, 6.45) is 1.50. The predicted octanol–water partition coefficient (Wildman–Crippen LogP) is -2.17. The largest absolute Gasteiger partial charge is 1.00 e. The zero-order chi connectivity index (χ0) is 11.9. The van der Waals surface area contributed by atoms with Crippen molar-refractivity contribution in [1.82, 2.24) is 0 Å². The molecule has 0 unspecified atom stereocenters. The first-order valence-electron chi connectivity index (χ1n) is 3.79. The Kier molecular flexibility index (Phi) is 9.60. The van der Waals surface area contributed by atoms with Crippen molar-refractivity contribution < 1.29 is 52.1 Å². The van der Waals surface area contributed by atoms with E-state index in [-0.39, 0.29) is 35.1 Å². The summed E-state index contributed by atoms with van der Waals surface area (Å²) >= 11 is 0. The minimum atomic E-state index is -4.59. The van der Waals surface area contributed by atoms with Gasteiger partial charge in [-0.15, -0.1) is 0 Å². The van der Waals surface area contributed by atoms with Gasteiger partial charge in [-0.2, -0.15) is 15.3 Å². The fourth-order valence-corrected chi connectivity index (χ4v) is 1.16. The van der Waals surface area contributed by atoms with Crippen molar-refractivity contribution in [3.63, 3.8) is 0 Å². The van der Waals surface area contributed by atoms with E-state index < -0.39 is 15.2 Å². The van der Waals surface area contributed by atoms with Crippen LogP contribution in [0.5, 0.6) is 0 Å². The molecule has 82 valence electrons. The van der Waals surface area contributed by atoms with Crippen LogP contribution >= 0.6 is 0 Å². The van der Waals surface area contributed by atoms with Gasteiger partial charge in [-0.3, -0.25) is 15.6 Å². The minimum absolute atomic E-state index is 0. The summed E-state index contributed by atoms with van der Waals surface area (Å²) in [5.74, 6) is 0. The van der Waals surface area contributed by atoms with Crippen LogP contribution in [0.2, 0.25) is 0 Å². The smallest absolute Gasteiger partial charge is 0.542 e. The SMILES string of the molecule is C[C-]=O.O=C(c1ccccc1)S(=O)(=O)O.[Na+]. The number of carbonyl (C=O) groups excluding carboxylic acids is 2. The van der Waals surface area contributed by atoms with Gasteiger partial charge in [-0.25, -0.2) is 0 Å². The molecular weight excluding hydrogens is 243 g/mol. The number of benzene rings is 1. The second-order valence-corrected chi connectivity index (χ2v) is 3.65. The van der Waals surface area contributed by atoms with Crippen LogP contribution in [0.4, 0.5) is 0 Å². The Labute approximate surface area is 116 Å². The van der Waals surface area contributed by atoms with Gasteiger partial charge in [0.1, 0.15) is 0 Å². The Bertz CT molecular complexity index is 426.